The van der Waals surface area contributed by atoms with Crippen LogP contribution in [0.15, 0.2) is 35.4 Å². The van der Waals surface area contributed by atoms with Gasteiger partial charge < -0.3 is 35.5 Å². The molecule has 0 fully saturated rings. The van der Waals surface area contributed by atoms with Gasteiger partial charge in [-0.1, -0.05) is 37.6 Å². The van der Waals surface area contributed by atoms with Crippen LogP contribution in [0.1, 0.15) is 52.5 Å². The number of carbonyl (C=O) groups excluding carboxylic acids is 2. The zero-order valence-electron chi connectivity index (χ0n) is 23.0. The van der Waals surface area contributed by atoms with Gasteiger partial charge in [-0.05, 0) is 68.7 Å². The van der Waals surface area contributed by atoms with E-state index < -0.39 is 30.5 Å². The molecule has 0 aliphatic carbocycles. The summed E-state index contributed by atoms with van der Waals surface area (Å²) in [4.78, 5) is 24.5. The highest BCUT2D eigenvalue weighted by atomic mass is 35.5. The van der Waals surface area contributed by atoms with E-state index in [1.165, 1.54) is 13.2 Å². The largest absolute Gasteiger partial charge is 0.506 e. The van der Waals surface area contributed by atoms with E-state index in [1.54, 1.807) is 33.1 Å². The summed E-state index contributed by atoms with van der Waals surface area (Å²) in [5.74, 6) is -0.703. The number of methoxy groups -OCH3 is 2. The number of primary amides is 1. The Balaban J connectivity index is 2.51. The minimum Gasteiger partial charge on any atom is -0.506 e. The van der Waals surface area contributed by atoms with Crippen molar-refractivity contribution < 1.29 is 34.0 Å². The third-order valence-corrected chi connectivity index (χ3v) is 7.23. The monoisotopic (exact) mass is 552 g/mol. The Hall–Kier alpha value is -2.59. The number of aromatic hydroxyl groups is 1. The maximum Gasteiger partial charge on any atom is 0.405 e. The van der Waals surface area contributed by atoms with Gasteiger partial charge in [-0.3, -0.25) is 4.79 Å². The van der Waals surface area contributed by atoms with E-state index in [-0.39, 0.29) is 28.5 Å². The van der Waals surface area contributed by atoms with Crippen molar-refractivity contribution in [3.63, 3.8) is 0 Å². The molecule has 9 nitrogen and oxygen atoms in total. The lowest BCUT2D eigenvalue weighted by Crippen LogP contribution is -2.37. The van der Waals surface area contributed by atoms with E-state index in [9.17, 15) is 19.8 Å². The predicted molar refractivity (Wildman–Crippen MR) is 147 cm³/mol. The zero-order valence-corrected chi connectivity index (χ0v) is 23.7. The van der Waals surface area contributed by atoms with Gasteiger partial charge in [0.2, 0.25) is 0 Å². The molecule has 6 atom stereocenters. The van der Waals surface area contributed by atoms with Crippen LogP contribution in [0.25, 0.3) is 0 Å². The van der Waals surface area contributed by atoms with Gasteiger partial charge in [0.15, 0.2) is 6.10 Å². The molecule has 1 aliphatic rings. The molecule has 2 bridgehead atoms. The predicted octanol–water partition coefficient (Wildman–Crippen LogP) is 4.73. The van der Waals surface area contributed by atoms with Crippen molar-refractivity contribution in [2.75, 3.05) is 19.5 Å². The number of carbonyl (C=O) groups is 2. The summed E-state index contributed by atoms with van der Waals surface area (Å²) in [6.07, 6.45) is 1.84. The summed E-state index contributed by atoms with van der Waals surface area (Å²) in [5.41, 5.74) is 7.56. The van der Waals surface area contributed by atoms with Crippen molar-refractivity contribution in [3.05, 3.63) is 46.0 Å². The van der Waals surface area contributed by atoms with Gasteiger partial charge in [0.1, 0.15) is 5.75 Å². The summed E-state index contributed by atoms with van der Waals surface area (Å²) in [5, 5.41) is 24.7. The van der Waals surface area contributed by atoms with Crippen molar-refractivity contribution in [1.29, 1.82) is 0 Å². The van der Waals surface area contributed by atoms with Crippen LogP contribution in [0, 0.1) is 11.8 Å². The van der Waals surface area contributed by atoms with Crippen molar-refractivity contribution in [2.24, 2.45) is 17.6 Å². The summed E-state index contributed by atoms with van der Waals surface area (Å²) >= 11 is 6.27. The fraction of sp³-hybridized carbons (Fsp3) is 0.571. The molecule has 1 heterocycles. The van der Waals surface area contributed by atoms with Gasteiger partial charge >= 0.3 is 6.09 Å². The topological polar surface area (TPSA) is 140 Å². The second kappa shape index (κ2) is 14.5. The average molecular weight is 553 g/mol. The van der Waals surface area contributed by atoms with Crippen LogP contribution >= 0.6 is 11.6 Å². The van der Waals surface area contributed by atoms with Crippen LogP contribution in [-0.4, -0.2) is 60.8 Å². The molecule has 0 unspecified atom stereocenters. The smallest absolute Gasteiger partial charge is 0.405 e. The molecule has 1 aliphatic heterocycles. The number of phenolic OH excluding ortho intramolecular Hbond substituents is 1. The molecule has 1 aromatic rings. The summed E-state index contributed by atoms with van der Waals surface area (Å²) in [6, 6.07) is 3.21. The molecule has 1 aromatic carbocycles. The van der Waals surface area contributed by atoms with Crippen molar-refractivity contribution in [1.82, 2.24) is 0 Å². The first-order valence-corrected chi connectivity index (χ1v) is 13.1. The molecule has 5 N–H and O–H groups in total. The molecule has 10 heteroatoms. The Labute approximate surface area is 230 Å². The third-order valence-electron chi connectivity index (χ3n) is 6.94. The van der Waals surface area contributed by atoms with Crippen LogP contribution < -0.4 is 11.1 Å². The third kappa shape index (κ3) is 8.73. The molecule has 0 aromatic heterocycles. The number of nitrogens with one attached hydrogen (secondary N) is 1. The minimum atomic E-state index is -0.935. The number of amides is 2. The number of fused-ring (bicyclic) bond motifs is 2. The lowest BCUT2D eigenvalue weighted by molar-refractivity contribution is -0.112. The number of ether oxygens (including phenoxy) is 3. The number of halogens is 1. The maximum atomic E-state index is 12.8. The molecular formula is C28H41ClN2O7. The van der Waals surface area contributed by atoms with Crippen LogP contribution in [0.3, 0.4) is 0 Å². The van der Waals surface area contributed by atoms with Gasteiger partial charge in [-0.2, -0.15) is 0 Å². The Morgan fingerprint density at radius 2 is 1.82 bits per heavy atom. The van der Waals surface area contributed by atoms with E-state index in [0.717, 1.165) is 0 Å². The minimum absolute atomic E-state index is 0.00711. The highest BCUT2D eigenvalue weighted by Gasteiger charge is 2.30. The lowest BCUT2D eigenvalue weighted by atomic mass is 9.88. The molecule has 0 saturated heterocycles. The SMILES string of the molecule is CO[C@H]1C[C@H](C)Cc2cc(cc(Cl)c2O)NC(=O)C(C)=CCC[C@H](OC)[C@@H](OC(N)=O)C(C)=C[C@H](C)[C@H]1O. The van der Waals surface area contributed by atoms with Crippen LogP contribution in [-0.2, 0) is 25.4 Å². The number of nitrogens with two attached hydrogens (primary N) is 1. The molecule has 2 rings (SSSR count). The van der Waals surface area contributed by atoms with Crippen LogP contribution in [0.4, 0.5) is 10.5 Å². The van der Waals surface area contributed by atoms with Crippen LogP contribution in [0.2, 0.25) is 5.02 Å². The number of benzene rings is 1. The molecule has 38 heavy (non-hydrogen) atoms. The van der Waals surface area contributed by atoms with Gasteiger partial charge in [-0.25, -0.2) is 4.79 Å². The van der Waals surface area contributed by atoms with Crippen molar-refractivity contribution in [3.8, 4) is 5.75 Å². The fourth-order valence-electron chi connectivity index (χ4n) is 4.83. The number of allylic oxidation sites excluding steroid dienone is 1. The van der Waals surface area contributed by atoms with Crippen molar-refractivity contribution in [2.45, 2.75) is 77.8 Å². The highest BCUT2D eigenvalue weighted by Crippen LogP contribution is 2.34. The number of rotatable bonds is 3. The number of hydrogen-bond acceptors (Lipinski definition) is 7. The van der Waals surface area contributed by atoms with E-state index >= 15 is 0 Å². The maximum absolute atomic E-state index is 12.8. The van der Waals surface area contributed by atoms with E-state index in [2.05, 4.69) is 5.32 Å². The summed E-state index contributed by atoms with van der Waals surface area (Å²) in [7, 11) is 3.06. The normalized spacial score (nSPS) is 28.2. The van der Waals surface area contributed by atoms with E-state index in [4.69, 9.17) is 31.5 Å². The summed E-state index contributed by atoms with van der Waals surface area (Å²) in [6.45, 7) is 7.33. The Kier molecular flexibility index (Phi) is 12.1. The Morgan fingerprint density at radius 3 is 2.42 bits per heavy atom. The Bertz CT molecular complexity index is 1040. The van der Waals surface area contributed by atoms with Gasteiger partial charge in [-0.15, -0.1) is 0 Å². The van der Waals surface area contributed by atoms with Gasteiger partial charge in [0, 0.05) is 31.4 Å². The molecule has 2 amide bonds. The molecule has 0 saturated carbocycles. The van der Waals surface area contributed by atoms with Crippen LogP contribution in [0.5, 0.6) is 5.75 Å². The Morgan fingerprint density at radius 1 is 1.16 bits per heavy atom. The number of hydrogen-bond donors (Lipinski definition) is 4. The molecule has 212 valence electrons. The first-order chi connectivity index (χ1) is 17.9. The van der Waals surface area contributed by atoms with E-state index in [1.807, 2.05) is 19.9 Å². The number of phenols is 1. The van der Waals surface area contributed by atoms with Gasteiger partial charge in [0.25, 0.3) is 5.91 Å². The first kappa shape index (κ1) is 31.6. The number of anilines is 1. The standard InChI is InChI=1S/C28H41ClN2O7/c1-15-10-19-13-20(14-21(29)25(19)33)31-27(34)16(2)8-7-9-22(36-5)26(38-28(30)35)18(4)12-17(3)24(32)23(11-15)37-6/h8,12-15,17,22-24,26,32-33H,7,9-11H2,1-6H3,(H2,30,35)(H,31,34)/t15-,17+,22+,23+,24-,26+/m1/s1. The second-order valence-corrected chi connectivity index (χ2v) is 10.5. The lowest BCUT2D eigenvalue weighted by Gasteiger charge is -2.30. The van der Waals surface area contributed by atoms with Crippen molar-refractivity contribution >= 4 is 29.3 Å². The number of aliphatic hydroxyl groups is 1. The fourth-order valence-corrected chi connectivity index (χ4v) is 5.07. The highest BCUT2D eigenvalue weighted by molar-refractivity contribution is 6.32. The number of aliphatic hydroxyl groups excluding tert-OH is 1. The zero-order chi connectivity index (χ0) is 28.6. The second-order valence-electron chi connectivity index (χ2n) is 10.1. The van der Waals surface area contributed by atoms with Gasteiger partial charge in [0.05, 0.1) is 23.3 Å². The quantitative estimate of drug-likeness (QED) is 0.314. The average Bonchev–Trinajstić information content (AvgIpc) is 2.85. The molecule has 0 radical (unpaired) electrons. The van der Waals surface area contributed by atoms with E-state index in [0.29, 0.717) is 48.1 Å². The first-order valence-electron chi connectivity index (χ1n) is 12.7. The molecule has 0 spiro atoms. The summed E-state index contributed by atoms with van der Waals surface area (Å²) < 4.78 is 16.7. The molecular weight excluding hydrogens is 512 g/mol.